The Labute approximate surface area is 210 Å². The smallest absolute Gasteiger partial charge is 0.322 e. The van der Waals surface area contributed by atoms with Gasteiger partial charge >= 0.3 is 5.97 Å². The number of amides is 3. The van der Waals surface area contributed by atoms with E-state index < -0.39 is 48.4 Å². The fraction of sp³-hybridized carbons (Fsp3) is 0.385. The third-order valence-corrected chi connectivity index (χ3v) is 5.40. The number of nitrogens with one attached hydrogen (secondary N) is 3. The van der Waals surface area contributed by atoms with E-state index in [4.69, 9.17) is 10.8 Å². The van der Waals surface area contributed by atoms with Crippen LogP contribution in [-0.4, -0.2) is 58.6 Å². The van der Waals surface area contributed by atoms with Gasteiger partial charge in [0.1, 0.15) is 24.4 Å². The molecule has 0 bridgehead atoms. The van der Waals surface area contributed by atoms with Crippen molar-refractivity contribution in [3.8, 4) is 5.75 Å². The molecule has 0 saturated carbocycles. The average Bonchev–Trinajstić information content (AvgIpc) is 2.83. The first kappa shape index (κ1) is 28.3. The summed E-state index contributed by atoms with van der Waals surface area (Å²) in [7, 11) is 0. The van der Waals surface area contributed by atoms with Crippen molar-refractivity contribution in [2.24, 2.45) is 11.7 Å². The molecule has 0 aliphatic rings. The van der Waals surface area contributed by atoms with E-state index in [2.05, 4.69) is 16.0 Å². The SMILES string of the molecule is CC(C)CC(NC(=O)C(N)Cc1ccc(O)cc1)C(=O)NC(Cc1ccccc1)C(=O)NCC(=O)O. The normalized spacial score (nSPS) is 13.3. The van der Waals surface area contributed by atoms with E-state index >= 15 is 0 Å². The minimum absolute atomic E-state index is 0.0442. The van der Waals surface area contributed by atoms with Crippen molar-refractivity contribution in [3.63, 3.8) is 0 Å². The van der Waals surface area contributed by atoms with Gasteiger partial charge in [0.15, 0.2) is 0 Å². The van der Waals surface area contributed by atoms with Gasteiger partial charge in [-0.2, -0.15) is 0 Å². The predicted octanol–water partition coefficient (Wildman–Crippen LogP) is 0.721. The van der Waals surface area contributed by atoms with Crippen LogP contribution in [0.5, 0.6) is 5.75 Å². The highest BCUT2D eigenvalue weighted by Gasteiger charge is 2.29. The Bertz CT molecular complexity index is 1030. The van der Waals surface area contributed by atoms with Gasteiger partial charge in [0.05, 0.1) is 6.04 Å². The first-order valence-electron chi connectivity index (χ1n) is 11.7. The standard InChI is InChI=1S/C26H34N4O6/c1-16(2)12-21(29-24(34)20(27)13-18-8-10-19(31)11-9-18)26(36)30-22(25(35)28-15-23(32)33)14-17-6-4-3-5-7-17/h3-11,16,20-22,31H,12-15,27H2,1-2H3,(H,28,35)(H,29,34)(H,30,36)(H,32,33). The zero-order valence-electron chi connectivity index (χ0n) is 20.4. The lowest BCUT2D eigenvalue weighted by Gasteiger charge is -2.25. The molecule has 0 spiro atoms. The van der Waals surface area contributed by atoms with Crippen molar-refractivity contribution in [2.75, 3.05) is 6.54 Å². The van der Waals surface area contributed by atoms with Crippen molar-refractivity contribution >= 4 is 23.7 Å². The first-order valence-corrected chi connectivity index (χ1v) is 11.7. The van der Waals surface area contributed by atoms with Gasteiger partial charge in [-0.05, 0) is 42.0 Å². The second-order valence-electron chi connectivity index (χ2n) is 9.03. The summed E-state index contributed by atoms with van der Waals surface area (Å²) in [6, 6.07) is 12.4. The highest BCUT2D eigenvalue weighted by atomic mass is 16.4. The van der Waals surface area contributed by atoms with Gasteiger partial charge in [0, 0.05) is 6.42 Å². The largest absolute Gasteiger partial charge is 0.508 e. The molecule has 3 atom stereocenters. The van der Waals surface area contributed by atoms with E-state index in [-0.39, 0.29) is 24.5 Å². The van der Waals surface area contributed by atoms with Gasteiger partial charge in [0.2, 0.25) is 17.7 Å². The molecule has 3 amide bonds. The van der Waals surface area contributed by atoms with Crippen LogP contribution in [0.3, 0.4) is 0 Å². The average molecular weight is 499 g/mol. The number of aliphatic carboxylic acids is 1. The topological polar surface area (TPSA) is 171 Å². The Hall–Kier alpha value is -3.92. The number of carboxylic acids is 1. The lowest BCUT2D eigenvalue weighted by molar-refractivity contribution is -0.138. The van der Waals surface area contributed by atoms with Crippen molar-refractivity contribution < 1.29 is 29.4 Å². The Balaban J connectivity index is 2.12. The van der Waals surface area contributed by atoms with Crippen molar-refractivity contribution in [1.82, 2.24) is 16.0 Å². The number of carbonyl (C=O) groups is 4. The number of nitrogens with two attached hydrogens (primary N) is 1. The van der Waals surface area contributed by atoms with E-state index in [9.17, 15) is 24.3 Å². The minimum Gasteiger partial charge on any atom is -0.508 e. The maximum absolute atomic E-state index is 13.2. The van der Waals surface area contributed by atoms with Crippen LogP contribution < -0.4 is 21.7 Å². The molecule has 10 nitrogen and oxygen atoms in total. The number of carbonyl (C=O) groups excluding carboxylic acids is 3. The summed E-state index contributed by atoms with van der Waals surface area (Å²) in [6.45, 7) is 3.20. The van der Waals surface area contributed by atoms with Gasteiger partial charge in [-0.3, -0.25) is 19.2 Å². The van der Waals surface area contributed by atoms with E-state index in [1.54, 1.807) is 36.4 Å². The lowest BCUT2D eigenvalue weighted by Crippen LogP contribution is -2.57. The molecule has 10 heteroatoms. The van der Waals surface area contributed by atoms with Crippen LogP contribution in [0.4, 0.5) is 0 Å². The summed E-state index contributed by atoms with van der Waals surface area (Å²) >= 11 is 0. The number of rotatable bonds is 13. The molecule has 0 aliphatic carbocycles. The van der Waals surface area contributed by atoms with Gasteiger partial charge in [-0.15, -0.1) is 0 Å². The maximum atomic E-state index is 13.2. The molecule has 3 unspecified atom stereocenters. The van der Waals surface area contributed by atoms with Crippen LogP contribution in [0.15, 0.2) is 54.6 Å². The van der Waals surface area contributed by atoms with Crippen molar-refractivity contribution in [2.45, 2.75) is 51.2 Å². The van der Waals surface area contributed by atoms with E-state index in [0.717, 1.165) is 11.1 Å². The molecule has 0 fully saturated rings. The number of carboxylic acid groups (broad SMARTS) is 1. The van der Waals surface area contributed by atoms with Crippen LogP contribution in [-0.2, 0) is 32.0 Å². The summed E-state index contributed by atoms with van der Waals surface area (Å²) in [4.78, 5) is 49.5. The molecule has 0 saturated heterocycles. The molecular weight excluding hydrogens is 464 g/mol. The van der Waals surface area contributed by atoms with Crippen LogP contribution in [0.25, 0.3) is 0 Å². The zero-order valence-corrected chi connectivity index (χ0v) is 20.4. The van der Waals surface area contributed by atoms with E-state index in [1.807, 2.05) is 19.9 Å². The molecule has 0 aromatic heterocycles. The maximum Gasteiger partial charge on any atom is 0.322 e. The number of hydrogen-bond acceptors (Lipinski definition) is 6. The summed E-state index contributed by atoms with van der Waals surface area (Å²) in [5, 5.41) is 26.0. The number of hydrogen-bond donors (Lipinski definition) is 6. The zero-order chi connectivity index (χ0) is 26.7. The fourth-order valence-corrected chi connectivity index (χ4v) is 3.58. The molecule has 36 heavy (non-hydrogen) atoms. The number of phenolic OH excluding ortho intramolecular Hbond substituents is 1. The Morgan fingerprint density at radius 3 is 1.97 bits per heavy atom. The highest BCUT2D eigenvalue weighted by Crippen LogP contribution is 2.12. The first-order chi connectivity index (χ1) is 17.0. The molecular formula is C26H34N4O6. The second kappa shape index (κ2) is 13.8. The van der Waals surface area contributed by atoms with Crippen molar-refractivity contribution in [1.29, 1.82) is 0 Å². The third kappa shape index (κ3) is 9.75. The predicted molar refractivity (Wildman–Crippen MR) is 134 cm³/mol. The second-order valence-corrected chi connectivity index (χ2v) is 9.03. The minimum atomic E-state index is -1.21. The number of phenols is 1. The van der Waals surface area contributed by atoms with Gasteiger partial charge in [-0.25, -0.2) is 0 Å². The molecule has 194 valence electrons. The third-order valence-electron chi connectivity index (χ3n) is 5.40. The Kier molecular flexibility index (Phi) is 10.9. The Morgan fingerprint density at radius 1 is 0.806 bits per heavy atom. The number of aromatic hydroxyl groups is 1. The molecule has 2 aromatic carbocycles. The monoisotopic (exact) mass is 498 g/mol. The van der Waals surface area contributed by atoms with Crippen LogP contribution in [0, 0.1) is 5.92 Å². The molecule has 2 rings (SSSR count). The van der Waals surface area contributed by atoms with Gasteiger partial charge in [-0.1, -0.05) is 56.3 Å². The summed E-state index contributed by atoms with van der Waals surface area (Å²) in [6.07, 6.45) is 0.648. The van der Waals surface area contributed by atoms with Gasteiger partial charge in [0.25, 0.3) is 0 Å². The van der Waals surface area contributed by atoms with Crippen molar-refractivity contribution in [3.05, 3.63) is 65.7 Å². The summed E-state index contributed by atoms with van der Waals surface area (Å²) in [5.74, 6) is -2.81. The molecule has 7 N–H and O–H groups in total. The van der Waals surface area contributed by atoms with E-state index in [1.165, 1.54) is 12.1 Å². The molecule has 0 radical (unpaired) electrons. The van der Waals surface area contributed by atoms with E-state index in [0.29, 0.717) is 6.42 Å². The molecule has 2 aromatic rings. The fourth-order valence-electron chi connectivity index (χ4n) is 3.58. The summed E-state index contributed by atoms with van der Waals surface area (Å²) in [5.41, 5.74) is 7.58. The van der Waals surface area contributed by atoms with Crippen LogP contribution in [0.1, 0.15) is 31.4 Å². The quantitative estimate of drug-likeness (QED) is 0.236. The molecule has 0 heterocycles. The van der Waals surface area contributed by atoms with Crippen LogP contribution in [0.2, 0.25) is 0 Å². The number of benzene rings is 2. The van der Waals surface area contributed by atoms with Gasteiger partial charge < -0.3 is 31.9 Å². The summed E-state index contributed by atoms with van der Waals surface area (Å²) < 4.78 is 0. The highest BCUT2D eigenvalue weighted by molar-refractivity contribution is 5.93. The molecule has 0 aliphatic heterocycles. The van der Waals surface area contributed by atoms with Crippen LogP contribution >= 0.6 is 0 Å². The lowest BCUT2D eigenvalue weighted by atomic mass is 10.00. The Morgan fingerprint density at radius 2 is 1.39 bits per heavy atom.